The predicted octanol–water partition coefficient (Wildman–Crippen LogP) is 2.81. The molecule has 0 N–H and O–H groups in total. The van der Waals surface area contributed by atoms with E-state index in [-0.39, 0.29) is 11.8 Å². The van der Waals surface area contributed by atoms with E-state index < -0.39 is 0 Å². The van der Waals surface area contributed by atoms with E-state index in [9.17, 15) is 9.59 Å². The number of hydrogen-bond donors (Lipinski definition) is 0. The van der Waals surface area contributed by atoms with Crippen LogP contribution < -0.4 is 4.90 Å². The molecule has 4 nitrogen and oxygen atoms in total. The lowest BCUT2D eigenvalue weighted by Gasteiger charge is -2.33. The molecule has 0 aliphatic carbocycles. The normalized spacial score (nSPS) is 19.2. The topological polar surface area (TPSA) is 40.6 Å². The van der Waals surface area contributed by atoms with Gasteiger partial charge in [-0.2, -0.15) is 0 Å². The van der Waals surface area contributed by atoms with Gasteiger partial charge >= 0.3 is 0 Å². The molecule has 6 heteroatoms. The van der Waals surface area contributed by atoms with Crippen LogP contribution in [0, 0.1) is 0 Å². The number of thioether (sulfide) groups is 1. The van der Waals surface area contributed by atoms with Gasteiger partial charge in [0.25, 0.3) is 0 Å². The Morgan fingerprint density at radius 2 is 1.90 bits per heavy atom. The fourth-order valence-electron chi connectivity index (χ4n) is 2.62. The molecule has 0 unspecified atom stereocenters. The fraction of sp³-hybridized carbons (Fsp3) is 0.400. The maximum absolute atomic E-state index is 12.3. The van der Waals surface area contributed by atoms with Gasteiger partial charge in [-0.15, -0.1) is 11.8 Å². The number of para-hydroxylation sites is 1. The molecular weight excluding hydrogens is 304 g/mol. The first-order valence-corrected chi connectivity index (χ1v) is 8.47. The van der Waals surface area contributed by atoms with Gasteiger partial charge in [-0.3, -0.25) is 19.4 Å². The van der Waals surface area contributed by atoms with E-state index in [1.165, 1.54) is 16.7 Å². The largest absolute Gasteiger partial charge is 0.289 e. The van der Waals surface area contributed by atoms with Crippen molar-refractivity contribution in [2.24, 2.45) is 0 Å². The molecule has 0 radical (unpaired) electrons. The predicted molar refractivity (Wildman–Crippen MR) is 87.4 cm³/mol. The highest BCUT2D eigenvalue weighted by molar-refractivity contribution is 8.00. The summed E-state index contributed by atoms with van der Waals surface area (Å²) in [7, 11) is 0. The Morgan fingerprint density at radius 3 is 2.76 bits per heavy atom. The lowest BCUT2D eigenvalue weighted by atomic mass is 10.2. The van der Waals surface area contributed by atoms with Crippen molar-refractivity contribution < 1.29 is 9.59 Å². The van der Waals surface area contributed by atoms with E-state index in [0.29, 0.717) is 23.8 Å². The third-order valence-corrected chi connectivity index (χ3v) is 5.15. The zero-order chi connectivity index (χ0) is 14.8. The second-order valence-electron chi connectivity index (χ2n) is 5.12. The molecule has 2 aliphatic heterocycles. The van der Waals surface area contributed by atoms with Crippen molar-refractivity contribution in [2.75, 3.05) is 17.2 Å². The van der Waals surface area contributed by atoms with Gasteiger partial charge < -0.3 is 0 Å². The zero-order valence-corrected chi connectivity index (χ0v) is 13.2. The molecule has 1 fully saturated rings. The van der Waals surface area contributed by atoms with E-state index >= 15 is 0 Å². The van der Waals surface area contributed by atoms with Gasteiger partial charge in [0.2, 0.25) is 11.8 Å². The Morgan fingerprint density at radius 1 is 1.10 bits per heavy atom. The van der Waals surface area contributed by atoms with E-state index in [2.05, 4.69) is 0 Å². The highest BCUT2D eigenvalue weighted by Gasteiger charge is 2.32. The van der Waals surface area contributed by atoms with Crippen LogP contribution in [0.1, 0.15) is 25.7 Å². The maximum atomic E-state index is 12.3. The Bertz CT molecular complexity index is 603. The van der Waals surface area contributed by atoms with Crippen LogP contribution >= 0.6 is 24.0 Å². The molecular formula is C15H16N2O2S2. The van der Waals surface area contributed by atoms with E-state index in [0.717, 1.165) is 29.8 Å². The molecule has 3 rings (SSSR count). The number of fused-ring (bicyclic) bond motifs is 1. The molecule has 0 atom stereocenters. The van der Waals surface area contributed by atoms with Crippen molar-refractivity contribution in [1.29, 1.82) is 0 Å². The minimum Gasteiger partial charge on any atom is -0.289 e. The van der Waals surface area contributed by atoms with Gasteiger partial charge in [-0.05, 0) is 37.2 Å². The Kier molecular flexibility index (Phi) is 4.26. The van der Waals surface area contributed by atoms with Crippen molar-refractivity contribution in [2.45, 2.75) is 30.6 Å². The van der Waals surface area contributed by atoms with Crippen LogP contribution in [0.15, 0.2) is 29.2 Å². The average molecular weight is 320 g/mol. The number of benzene rings is 1. The molecule has 1 saturated heterocycles. The zero-order valence-electron chi connectivity index (χ0n) is 11.6. The van der Waals surface area contributed by atoms with Gasteiger partial charge in [-0.1, -0.05) is 18.6 Å². The number of carbonyl (C=O) groups is 2. The molecule has 110 valence electrons. The van der Waals surface area contributed by atoms with Gasteiger partial charge in [0.05, 0.1) is 11.4 Å². The summed E-state index contributed by atoms with van der Waals surface area (Å²) in [5.74, 6) is 0.334. The fourth-order valence-corrected chi connectivity index (χ4v) is 3.90. The van der Waals surface area contributed by atoms with Gasteiger partial charge in [0.1, 0.15) is 0 Å². The smallest absolute Gasteiger partial charge is 0.243 e. The highest BCUT2D eigenvalue weighted by Crippen LogP contribution is 2.35. The number of likely N-dealkylation sites (tertiary alicyclic amines) is 1. The summed E-state index contributed by atoms with van der Waals surface area (Å²) in [4.78, 5) is 28.7. The number of carbonyl (C=O) groups excluding carboxylic acids is 2. The van der Waals surface area contributed by atoms with Crippen molar-refractivity contribution in [3.8, 4) is 0 Å². The monoisotopic (exact) mass is 320 g/mol. The maximum Gasteiger partial charge on any atom is 0.243 e. The van der Waals surface area contributed by atoms with Crippen LogP contribution in [0.25, 0.3) is 0 Å². The number of amides is 2. The van der Waals surface area contributed by atoms with Crippen molar-refractivity contribution in [3.05, 3.63) is 24.3 Å². The number of nitrogens with zero attached hydrogens (tertiary/aromatic N) is 2. The molecule has 2 heterocycles. The molecule has 2 amide bonds. The van der Waals surface area contributed by atoms with Crippen LogP contribution in [0.4, 0.5) is 5.69 Å². The first kappa shape index (κ1) is 14.5. The minimum atomic E-state index is -0.0549. The van der Waals surface area contributed by atoms with Gasteiger partial charge in [0, 0.05) is 17.9 Å². The molecule has 0 aromatic heterocycles. The Labute approximate surface area is 133 Å². The quantitative estimate of drug-likeness (QED) is 0.689. The summed E-state index contributed by atoms with van der Waals surface area (Å²) in [5.41, 5.74) is 0.792. The third-order valence-electron chi connectivity index (χ3n) is 3.70. The molecule has 0 spiro atoms. The average Bonchev–Trinajstić information content (AvgIpc) is 2.71. The van der Waals surface area contributed by atoms with Crippen molar-refractivity contribution in [1.82, 2.24) is 4.90 Å². The third kappa shape index (κ3) is 2.82. The number of hydrogen-bond acceptors (Lipinski definition) is 4. The summed E-state index contributed by atoms with van der Waals surface area (Å²) in [6, 6.07) is 7.69. The summed E-state index contributed by atoms with van der Waals surface area (Å²) in [6.07, 6.45) is 3.38. The van der Waals surface area contributed by atoms with E-state index in [1.54, 1.807) is 4.90 Å². The van der Waals surface area contributed by atoms with Crippen molar-refractivity contribution in [3.63, 3.8) is 0 Å². The van der Waals surface area contributed by atoms with Crippen LogP contribution in [-0.4, -0.2) is 34.1 Å². The SMILES string of the molecule is O=C1CCCCCN1C(=S)N1C(=O)CSc2ccccc21. The number of anilines is 1. The highest BCUT2D eigenvalue weighted by atomic mass is 32.2. The Hall–Kier alpha value is -1.40. The van der Waals surface area contributed by atoms with Gasteiger partial charge in [-0.25, -0.2) is 0 Å². The molecule has 1 aromatic carbocycles. The standard InChI is InChI=1S/C15H16N2O2S2/c18-13-8-2-1-5-9-16(13)15(20)17-11-6-3-4-7-12(11)21-10-14(17)19/h3-4,6-7H,1-2,5,8-10H2. The van der Waals surface area contributed by atoms with E-state index in [1.807, 2.05) is 24.3 Å². The van der Waals surface area contributed by atoms with Crippen LogP contribution in [-0.2, 0) is 9.59 Å². The lowest BCUT2D eigenvalue weighted by Crippen LogP contribution is -2.50. The van der Waals surface area contributed by atoms with E-state index in [4.69, 9.17) is 12.2 Å². The first-order valence-electron chi connectivity index (χ1n) is 7.07. The summed E-state index contributed by atoms with van der Waals surface area (Å²) < 4.78 is 0. The summed E-state index contributed by atoms with van der Waals surface area (Å²) >= 11 is 7.00. The second kappa shape index (κ2) is 6.15. The molecule has 1 aromatic rings. The first-order chi connectivity index (χ1) is 10.2. The number of thiocarbonyl (C=S) groups is 1. The van der Waals surface area contributed by atoms with Crippen LogP contribution in [0.5, 0.6) is 0 Å². The molecule has 2 aliphatic rings. The lowest BCUT2D eigenvalue weighted by molar-refractivity contribution is -0.126. The second-order valence-corrected chi connectivity index (χ2v) is 6.51. The molecule has 0 saturated carbocycles. The molecule has 21 heavy (non-hydrogen) atoms. The summed E-state index contributed by atoms with van der Waals surface area (Å²) in [6.45, 7) is 0.608. The van der Waals surface area contributed by atoms with Crippen molar-refractivity contribution >= 4 is 46.6 Å². The van der Waals surface area contributed by atoms with Gasteiger partial charge in [0.15, 0.2) is 5.11 Å². The Balaban J connectivity index is 1.93. The van der Waals surface area contributed by atoms with Crippen LogP contribution in [0.2, 0.25) is 0 Å². The van der Waals surface area contributed by atoms with Crippen LogP contribution in [0.3, 0.4) is 0 Å². The minimum absolute atomic E-state index is 0.0287. The molecule has 0 bridgehead atoms. The number of rotatable bonds is 0. The summed E-state index contributed by atoms with van der Waals surface area (Å²) in [5, 5.41) is 0.333.